The van der Waals surface area contributed by atoms with Crippen molar-refractivity contribution >= 4 is 34.9 Å². The summed E-state index contributed by atoms with van der Waals surface area (Å²) in [5.74, 6) is -3.34. The van der Waals surface area contributed by atoms with E-state index in [0.717, 1.165) is 6.42 Å². The van der Waals surface area contributed by atoms with E-state index < -0.39 is 59.2 Å². The molecular formula is C36H73N11O6. The predicted molar refractivity (Wildman–Crippen MR) is 208 cm³/mol. The topological polar surface area (TPSA) is 333 Å². The number of Topliss-reactive ketones (excluding diaryl/α,β-unsaturated/α-hetero) is 4. The van der Waals surface area contributed by atoms with Gasteiger partial charge in [-0.25, -0.2) is 10.9 Å². The van der Waals surface area contributed by atoms with E-state index in [1.165, 1.54) is 0 Å². The van der Waals surface area contributed by atoms with Gasteiger partial charge in [0.1, 0.15) is 0 Å². The van der Waals surface area contributed by atoms with Crippen LogP contribution < -0.4 is 61.6 Å². The van der Waals surface area contributed by atoms with Crippen LogP contribution in [0.5, 0.6) is 0 Å². The first-order valence-corrected chi connectivity index (χ1v) is 19.7. The van der Waals surface area contributed by atoms with Gasteiger partial charge in [0.05, 0.1) is 30.2 Å². The van der Waals surface area contributed by atoms with E-state index in [1.54, 1.807) is 0 Å². The number of carbonyl (C=O) groups is 6. The highest BCUT2D eigenvalue weighted by Crippen LogP contribution is 2.11. The first kappa shape index (κ1) is 50.3. The van der Waals surface area contributed by atoms with Crippen molar-refractivity contribution in [2.24, 2.45) is 40.1 Å². The molecule has 0 aromatic rings. The molecule has 0 aliphatic carbocycles. The number of hydrogen-bond acceptors (Lipinski definition) is 15. The number of carbonyl (C=O) groups excluding carboxylic acids is 6. The molecule has 17 heteroatoms. The monoisotopic (exact) mass is 756 g/mol. The second-order valence-electron chi connectivity index (χ2n) is 13.7. The largest absolute Gasteiger partial charge is 0.355 e. The van der Waals surface area contributed by atoms with Crippen LogP contribution in [0.4, 0.5) is 0 Å². The van der Waals surface area contributed by atoms with E-state index in [2.05, 4.69) is 21.5 Å². The minimum Gasteiger partial charge on any atom is -0.355 e. The van der Waals surface area contributed by atoms with E-state index in [9.17, 15) is 28.8 Å². The number of nitrogens with one attached hydrogen (secondary N) is 4. The van der Waals surface area contributed by atoms with Crippen molar-refractivity contribution in [3.05, 3.63) is 0 Å². The smallest absolute Gasteiger partial charge is 0.238 e. The van der Waals surface area contributed by atoms with Crippen LogP contribution in [-0.2, 0) is 28.8 Å². The Bertz CT molecular complexity index is 1050. The summed E-state index contributed by atoms with van der Waals surface area (Å²) < 4.78 is 0. The highest BCUT2D eigenvalue weighted by molar-refractivity contribution is 6.41. The lowest BCUT2D eigenvalue weighted by Gasteiger charge is -2.25. The maximum Gasteiger partial charge on any atom is 0.238 e. The Kier molecular flexibility index (Phi) is 31.0. The van der Waals surface area contributed by atoms with Crippen LogP contribution in [-0.4, -0.2) is 104 Å². The van der Waals surface area contributed by atoms with E-state index in [4.69, 9.17) is 40.1 Å². The van der Waals surface area contributed by atoms with Crippen LogP contribution in [0.3, 0.4) is 0 Å². The molecule has 2 amide bonds. The summed E-state index contributed by atoms with van der Waals surface area (Å²) in [7, 11) is 0. The molecule has 53 heavy (non-hydrogen) atoms. The van der Waals surface area contributed by atoms with Gasteiger partial charge >= 0.3 is 0 Å². The van der Waals surface area contributed by atoms with E-state index in [1.807, 2.05) is 0 Å². The molecular weight excluding hydrogens is 682 g/mol. The van der Waals surface area contributed by atoms with Crippen LogP contribution >= 0.6 is 0 Å². The van der Waals surface area contributed by atoms with Crippen LogP contribution in [0.25, 0.3) is 0 Å². The molecule has 0 heterocycles. The zero-order valence-corrected chi connectivity index (χ0v) is 32.1. The standard InChI is InChI=1S/C36H73N11O6/c37-20-8-3-14-26(42)32(49)31(48)19-2-1-13-25-44-36(53)30(18-7-12-24-41)47-46-29(17-6-11-23-40)34(51)33(50)28(16-5-10-22-39)45-35(52)27(43)15-4-9-21-38/h26-30,46-47H,1-25,37-43H2,(H,44,53)(H,45,52)/t26-,27-,28-,29-,30-/m0/s1. The third-order valence-electron chi connectivity index (χ3n) is 9.05. The zero-order valence-electron chi connectivity index (χ0n) is 32.1. The Hall–Kier alpha value is -2.74. The van der Waals surface area contributed by atoms with Crippen LogP contribution in [0.1, 0.15) is 122 Å². The molecule has 308 valence electrons. The van der Waals surface area contributed by atoms with Crippen molar-refractivity contribution in [3.63, 3.8) is 0 Å². The van der Waals surface area contributed by atoms with Crippen LogP contribution in [0.2, 0.25) is 0 Å². The highest BCUT2D eigenvalue weighted by atomic mass is 16.2. The molecule has 0 fully saturated rings. The van der Waals surface area contributed by atoms with E-state index in [-0.39, 0.29) is 25.2 Å². The molecule has 18 N–H and O–H groups in total. The van der Waals surface area contributed by atoms with Crippen molar-refractivity contribution in [2.45, 2.75) is 152 Å². The summed E-state index contributed by atoms with van der Waals surface area (Å²) in [4.78, 5) is 77.9. The van der Waals surface area contributed by atoms with Gasteiger partial charge in [-0.1, -0.05) is 32.1 Å². The Morgan fingerprint density at radius 2 is 0.849 bits per heavy atom. The molecule has 17 nitrogen and oxygen atoms in total. The van der Waals surface area contributed by atoms with Gasteiger partial charge in [0.15, 0.2) is 5.78 Å². The first-order valence-electron chi connectivity index (χ1n) is 19.7. The lowest BCUT2D eigenvalue weighted by molar-refractivity contribution is -0.140. The normalized spacial score (nSPS) is 14.2. The molecule has 0 aliphatic heterocycles. The summed E-state index contributed by atoms with van der Waals surface area (Å²) in [6.07, 6.45) is 9.96. The number of hydrogen-bond donors (Lipinski definition) is 11. The molecule has 0 aromatic carbocycles. The van der Waals surface area contributed by atoms with Gasteiger partial charge in [-0.3, -0.25) is 28.8 Å². The van der Waals surface area contributed by atoms with Gasteiger partial charge in [-0.05, 0) is 116 Å². The Labute approximate surface area is 316 Å². The van der Waals surface area contributed by atoms with Crippen LogP contribution in [0, 0.1) is 0 Å². The molecule has 0 unspecified atom stereocenters. The third kappa shape index (κ3) is 23.6. The quantitative estimate of drug-likeness (QED) is 0.0196. The fraction of sp³-hybridized carbons (Fsp3) is 0.833. The van der Waals surface area contributed by atoms with Crippen molar-refractivity contribution in [3.8, 4) is 0 Å². The second kappa shape index (κ2) is 32.7. The Balaban J connectivity index is 5.42. The maximum atomic E-state index is 13.7. The number of ketones is 4. The second-order valence-corrected chi connectivity index (χ2v) is 13.7. The molecule has 0 bridgehead atoms. The van der Waals surface area contributed by atoms with Crippen LogP contribution in [0.15, 0.2) is 0 Å². The fourth-order valence-electron chi connectivity index (χ4n) is 5.64. The molecule has 5 atom stereocenters. The SMILES string of the molecule is NCCCC[C@H](NN[C@@H](CCCCN)C(=O)C(=O)[C@H](CCCCN)NC(=O)[C@@H](N)CCCCN)C(=O)NCCCCCC(=O)C(=O)[C@@H](N)CCCCN. The van der Waals surface area contributed by atoms with Gasteiger partial charge in [0.25, 0.3) is 0 Å². The molecule has 0 rings (SSSR count). The maximum absolute atomic E-state index is 13.7. The molecule has 0 radical (unpaired) electrons. The summed E-state index contributed by atoms with van der Waals surface area (Å²) >= 11 is 0. The van der Waals surface area contributed by atoms with Crippen molar-refractivity contribution in [2.75, 3.05) is 39.3 Å². The number of rotatable bonds is 37. The number of hydrazine groups is 1. The fourth-order valence-corrected chi connectivity index (χ4v) is 5.64. The van der Waals surface area contributed by atoms with Gasteiger partial charge < -0.3 is 50.8 Å². The van der Waals surface area contributed by atoms with Gasteiger partial charge in [0, 0.05) is 13.0 Å². The first-order chi connectivity index (χ1) is 25.5. The minimum atomic E-state index is -1.07. The molecule has 0 saturated carbocycles. The predicted octanol–water partition coefficient (Wildman–Crippen LogP) is -1.44. The third-order valence-corrected chi connectivity index (χ3v) is 9.05. The average Bonchev–Trinajstić information content (AvgIpc) is 3.15. The summed E-state index contributed by atoms with van der Waals surface area (Å²) in [6.45, 7) is 2.57. The van der Waals surface area contributed by atoms with Gasteiger partial charge in [-0.2, -0.15) is 0 Å². The van der Waals surface area contributed by atoms with Gasteiger partial charge in [-0.15, -0.1) is 0 Å². The van der Waals surface area contributed by atoms with Gasteiger partial charge in [0.2, 0.25) is 29.2 Å². The average molecular weight is 756 g/mol. The zero-order chi connectivity index (χ0) is 39.9. The highest BCUT2D eigenvalue weighted by Gasteiger charge is 2.33. The van der Waals surface area contributed by atoms with Crippen molar-refractivity contribution in [1.82, 2.24) is 21.5 Å². The van der Waals surface area contributed by atoms with E-state index in [0.29, 0.717) is 136 Å². The molecule has 0 spiro atoms. The Morgan fingerprint density at radius 1 is 0.415 bits per heavy atom. The van der Waals surface area contributed by atoms with Crippen molar-refractivity contribution < 1.29 is 28.8 Å². The number of amides is 2. The summed E-state index contributed by atoms with van der Waals surface area (Å²) in [6, 6.07) is -4.45. The molecule has 0 aromatic heterocycles. The molecule has 0 saturated heterocycles. The lowest BCUT2D eigenvalue weighted by atomic mass is 9.95. The summed E-state index contributed by atoms with van der Waals surface area (Å²) in [5, 5.41) is 5.58. The number of nitrogens with two attached hydrogens (primary N) is 7. The van der Waals surface area contributed by atoms with Crippen molar-refractivity contribution in [1.29, 1.82) is 0 Å². The summed E-state index contributed by atoms with van der Waals surface area (Å²) in [5.41, 5.74) is 45.9. The lowest BCUT2D eigenvalue weighted by Crippen LogP contribution is -2.58. The minimum absolute atomic E-state index is 0.0992. The molecule has 0 aliphatic rings. The van der Waals surface area contributed by atoms with E-state index >= 15 is 0 Å². The Morgan fingerprint density at radius 3 is 1.38 bits per heavy atom. The number of unbranched alkanes of at least 4 members (excludes halogenated alkanes) is 7.